The van der Waals surface area contributed by atoms with Gasteiger partial charge < -0.3 is 9.47 Å². The van der Waals surface area contributed by atoms with Crippen LogP contribution in [0.25, 0.3) is 0 Å². The number of carbonyl (C=O) groups is 1. The van der Waals surface area contributed by atoms with Gasteiger partial charge in [0, 0.05) is 6.42 Å². The highest BCUT2D eigenvalue weighted by atomic mass is 32.2. The summed E-state index contributed by atoms with van der Waals surface area (Å²) in [5.41, 5.74) is 0. The Morgan fingerprint density at radius 1 is 1.33 bits per heavy atom. The van der Waals surface area contributed by atoms with Gasteiger partial charge in [-0.25, -0.2) is 8.42 Å². The summed E-state index contributed by atoms with van der Waals surface area (Å²) in [6.07, 6.45) is 5.71. The number of benzene rings is 1. The lowest BCUT2D eigenvalue weighted by Gasteiger charge is -2.11. The van der Waals surface area contributed by atoms with Crippen molar-refractivity contribution in [2.24, 2.45) is 5.92 Å². The number of hydrogen-bond acceptors (Lipinski definition) is 5. The third-order valence-electron chi connectivity index (χ3n) is 3.17. The summed E-state index contributed by atoms with van der Waals surface area (Å²) in [5.74, 6) is 2.59. The Bertz CT molecular complexity index is 657. The highest BCUT2D eigenvalue weighted by Gasteiger charge is 2.30. The second-order valence-corrected chi connectivity index (χ2v) is 7.12. The molecule has 0 amide bonds. The number of sulfone groups is 1. The zero-order valence-electron chi connectivity index (χ0n) is 11.4. The molecule has 2 rings (SSSR count). The van der Waals surface area contributed by atoms with Crippen LogP contribution in [-0.2, 0) is 14.6 Å². The lowest BCUT2D eigenvalue weighted by atomic mass is 10.1. The molecule has 0 bridgehead atoms. The minimum Gasteiger partial charge on any atom is -0.477 e. The first-order chi connectivity index (χ1) is 10.00. The summed E-state index contributed by atoms with van der Waals surface area (Å²) in [5, 5.41) is 0. The first-order valence-electron chi connectivity index (χ1n) is 6.56. The molecule has 5 nitrogen and oxygen atoms in total. The monoisotopic (exact) mass is 308 g/mol. The van der Waals surface area contributed by atoms with E-state index >= 15 is 0 Å². The molecular formula is C15H16O5S. The van der Waals surface area contributed by atoms with Crippen molar-refractivity contribution >= 4 is 15.8 Å². The maximum atomic E-state index is 11.9. The minimum absolute atomic E-state index is 0.0529. The van der Waals surface area contributed by atoms with Gasteiger partial charge in [-0.1, -0.05) is 18.1 Å². The van der Waals surface area contributed by atoms with Crippen molar-refractivity contribution in [3.63, 3.8) is 0 Å². The van der Waals surface area contributed by atoms with Gasteiger partial charge in [0.2, 0.25) is 0 Å². The SMILES string of the molecule is C#CCOc1ccccc1OC(=O)C[C@@H]1CCS(=O)(=O)C1. The fourth-order valence-corrected chi connectivity index (χ4v) is 4.07. The molecule has 112 valence electrons. The van der Waals surface area contributed by atoms with Crippen LogP contribution < -0.4 is 9.47 Å². The Kier molecular flexibility index (Phi) is 4.86. The van der Waals surface area contributed by atoms with Crippen LogP contribution in [0.4, 0.5) is 0 Å². The molecule has 0 aromatic heterocycles. The van der Waals surface area contributed by atoms with Crippen molar-refractivity contribution in [1.29, 1.82) is 0 Å². The molecule has 0 aliphatic carbocycles. The maximum Gasteiger partial charge on any atom is 0.311 e. The van der Waals surface area contributed by atoms with E-state index in [1.807, 2.05) is 0 Å². The first-order valence-corrected chi connectivity index (χ1v) is 8.39. The summed E-state index contributed by atoms with van der Waals surface area (Å²) < 4.78 is 33.3. The Morgan fingerprint density at radius 2 is 2.05 bits per heavy atom. The molecule has 1 aromatic carbocycles. The predicted molar refractivity (Wildman–Crippen MR) is 77.8 cm³/mol. The lowest BCUT2D eigenvalue weighted by Crippen LogP contribution is -2.15. The van der Waals surface area contributed by atoms with Crippen molar-refractivity contribution in [1.82, 2.24) is 0 Å². The first kappa shape index (κ1) is 15.4. The number of ether oxygens (including phenoxy) is 2. The van der Waals surface area contributed by atoms with Crippen molar-refractivity contribution in [3.05, 3.63) is 24.3 Å². The summed E-state index contributed by atoms with van der Waals surface area (Å²) in [6.45, 7) is 0.0788. The normalized spacial score (nSPS) is 19.7. The maximum absolute atomic E-state index is 11.9. The summed E-state index contributed by atoms with van der Waals surface area (Å²) in [7, 11) is -2.99. The predicted octanol–water partition coefficient (Wildman–Crippen LogP) is 1.43. The van der Waals surface area contributed by atoms with Crippen LogP contribution in [0.2, 0.25) is 0 Å². The Morgan fingerprint density at radius 3 is 2.67 bits per heavy atom. The molecule has 0 spiro atoms. The molecule has 1 saturated heterocycles. The third-order valence-corrected chi connectivity index (χ3v) is 5.00. The number of terminal acetylenes is 1. The molecule has 1 fully saturated rings. The molecule has 1 atom stereocenters. The summed E-state index contributed by atoms with van der Waals surface area (Å²) in [6, 6.07) is 6.72. The van der Waals surface area contributed by atoms with E-state index in [1.165, 1.54) is 0 Å². The smallest absolute Gasteiger partial charge is 0.311 e. The van der Waals surface area contributed by atoms with Gasteiger partial charge in [0.25, 0.3) is 0 Å². The van der Waals surface area contributed by atoms with E-state index in [0.717, 1.165) is 0 Å². The zero-order chi connectivity index (χ0) is 15.3. The van der Waals surface area contributed by atoms with Gasteiger partial charge in [0.05, 0.1) is 11.5 Å². The molecule has 0 radical (unpaired) electrons. The van der Waals surface area contributed by atoms with Crippen molar-refractivity contribution < 1.29 is 22.7 Å². The van der Waals surface area contributed by atoms with Gasteiger partial charge in [0.1, 0.15) is 6.61 Å². The van der Waals surface area contributed by atoms with Gasteiger partial charge in [0.15, 0.2) is 21.3 Å². The molecule has 0 saturated carbocycles. The molecule has 0 N–H and O–H groups in total. The average molecular weight is 308 g/mol. The topological polar surface area (TPSA) is 69.7 Å². The molecule has 1 aliphatic rings. The van der Waals surface area contributed by atoms with Gasteiger partial charge in [-0.2, -0.15) is 0 Å². The fraction of sp³-hybridized carbons (Fsp3) is 0.400. The van der Waals surface area contributed by atoms with Gasteiger partial charge >= 0.3 is 5.97 Å². The number of para-hydroxylation sites is 2. The molecule has 1 heterocycles. The number of carbonyl (C=O) groups excluding carboxylic acids is 1. The molecule has 6 heteroatoms. The van der Waals surface area contributed by atoms with E-state index in [0.29, 0.717) is 17.9 Å². The quantitative estimate of drug-likeness (QED) is 0.467. The van der Waals surface area contributed by atoms with Crippen LogP contribution in [0.5, 0.6) is 11.5 Å². The number of hydrogen-bond donors (Lipinski definition) is 0. The largest absolute Gasteiger partial charge is 0.477 e. The Balaban J connectivity index is 1.95. The van der Waals surface area contributed by atoms with Crippen molar-refractivity contribution in [3.8, 4) is 23.8 Å². The molecular weight excluding hydrogens is 292 g/mol. The van der Waals surface area contributed by atoms with E-state index in [1.54, 1.807) is 24.3 Å². The van der Waals surface area contributed by atoms with Gasteiger partial charge in [-0.05, 0) is 24.5 Å². The van der Waals surface area contributed by atoms with Crippen LogP contribution >= 0.6 is 0 Å². The Hall–Kier alpha value is -2.00. The van der Waals surface area contributed by atoms with E-state index in [2.05, 4.69) is 5.92 Å². The van der Waals surface area contributed by atoms with E-state index in [-0.39, 0.29) is 30.5 Å². The van der Waals surface area contributed by atoms with Gasteiger partial charge in [-0.15, -0.1) is 6.42 Å². The molecule has 1 aliphatic heterocycles. The standard InChI is InChI=1S/C15H16O5S/c1-2-8-19-13-5-3-4-6-14(13)20-15(16)10-12-7-9-21(17,18)11-12/h1,3-6,12H,7-11H2/t12-/m0/s1. The molecule has 1 aromatic rings. The second-order valence-electron chi connectivity index (χ2n) is 4.89. The molecule has 0 unspecified atom stereocenters. The van der Waals surface area contributed by atoms with E-state index in [9.17, 15) is 13.2 Å². The minimum atomic E-state index is -2.99. The highest BCUT2D eigenvalue weighted by molar-refractivity contribution is 7.91. The third kappa shape index (κ3) is 4.50. The molecule has 21 heavy (non-hydrogen) atoms. The van der Waals surface area contributed by atoms with Crippen LogP contribution in [-0.4, -0.2) is 32.5 Å². The second kappa shape index (κ2) is 6.64. The van der Waals surface area contributed by atoms with Crippen LogP contribution in [0.3, 0.4) is 0 Å². The van der Waals surface area contributed by atoms with Crippen molar-refractivity contribution in [2.75, 3.05) is 18.1 Å². The number of esters is 1. The van der Waals surface area contributed by atoms with E-state index in [4.69, 9.17) is 15.9 Å². The zero-order valence-corrected chi connectivity index (χ0v) is 12.3. The van der Waals surface area contributed by atoms with Crippen LogP contribution in [0, 0.1) is 18.3 Å². The number of rotatable bonds is 5. The van der Waals surface area contributed by atoms with E-state index < -0.39 is 15.8 Å². The lowest BCUT2D eigenvalue weighted by molar-refractivity contribution is -0.135. The highest BCUT2D eigenvalue weighted by Crippen LogP contribution is 2.28. The fourth-order valence-electron chi connectivity index (χ4n) is 2.21. The van der Waals surface area contributed by atoms with Crippen LogP contribution in [0.15, 0.2) is 24.3 Å². The van der Waals surface area contributed by atoms with Crippen molar-refractivity contribution in [2.45, 2.75) is 12.8 Å². The average Bonchev–Trinajstić information content (AvgIpc) is 2.76. The summed E-state index contributed by atoms with van der Waals surface area (Å²) in [4.78, 5) is 11.9. The van der Waals surface area contributed by atoms with Gasteiger partial charge in [-0.3, -0.25) is 4.79 Å². The summed E-state index contributed by atoms with van der Waals surface area (Å²) >= 11 is 0. The van der Waals surface area contributed by atoms with Crippen LogP contribution in [0.1, 0.15) is 12.8 Å². The Labute approximate surface area is 124 Å².